The number of carbonyl (C=O) groups is 1. The van der Waals surface area contributed by atoms with Gasteiger partial charge in [-0.3, -0.25) is 0 Å². The Kier molecular flexibility index (Phi) is 5.92. The molecule has 98 valence electrons. The Morgan fingerprint density at radius 3 is 2.72 bits per heavy atom. The predicted octanol–water partition coefficient (Wildman–Crippen LogP) is 3.65. The van der Waals surface area contributed by atoms with E-state index >= 15 is 0 Å². The molecule has 0 radical (unpaired) electrons. The maximum atomic E-state index is 11.3. The average molecular weight is 313 g/mol. The van der Waals surface area contributed by atoms with Crippen molar-refractivity contribution in [1.82, 2.24) is 0 Å². The highest BCUT2D eigenvalue weighted by atomic mass is 79.9. The largest absolute Gasteiger partial charge is 0.490 e. The number of esters is 1. The minimum Gasteiger partial charge on any atom is -0.490 e. The van der Waals surface area contributed by atoms with E-state index in [0.29, 0.717) is 18.6 Å². The van der Waals surface area contributed by atoms with Crippen LogP contribution in [0.5, 0.6) is 5.75 Å². The molecule has 1 aromatic carbocycles. The van der Waals surface area contributed by atoms with Gasteiger partial charge >= 0.3 is 5.97 Å². The first-order valence-electron chi connectivity index (χ1n) is 5.74. The molecule has 1 rings (SSSR count). The number of hydrogen-bond donors (Lipinski definition) is 0. The van der Waals surface area contributed by atoms with Gasteiger partial charge in [-0.15, -0.1) is 0 Å². The van der Waals surface area contributed by atoms with Crippen LogP contribution in [-0.2, 0) is 9.53 Å². The van der Waals surface area contributed by atoms with Crippen LogP contribution in [0.1, 0.15) is 18.9 Å². The van der Waals surface area contributed by atoms with Gasteiger partial charge in [0.15, 0.2) is 0 Å². The summed E-state index contributed by atoms with van der Waals surface area (Å²) in [4.78, 5) is 11.3. The fourth-order valence-electron chi connectivity index (χ4n) is 1.45. The van der Waals surface area contributed by atoms with E-state index in [9.17, 15) is 4.79 Å². The Morgan fingerprint density at radius 2 is 2.17 bits per heavy atom. The molecule has 0 saturated heterocycles. The first-order valence-corrected chi connectivity index (χ1v) is 6.54. The number of ether oxygens (including phenoxy) is 2. The molecule has 0 saturated carbocycles. The molecule has 0 aliphatic heterocycles. The van der Waals surface area contributed by atoms with Crippen LogP contribution < -0.4 is 4.74 Å². The lowest BCUT2D eigenvalue weighted by atomic mass is 10.2. The lowest BCUT2D eigenvalue weighted by molar-refractivity contribution is -0.136. The quantitative estimate of drug-likeness (QED) is 0.615. The van der Waals surface area contributed by atoms with Gasteiger partial charge in [0, 0.05) is 10.0 Å². The van der Waals surface area contributed by atoms with Crippen LogP contribution in [0, 0.1) is 6.92 Å². The van der Waals surface area contributed by atoms with Crippen LogP contribution in [0.25, 0.3) is 0 Å². The van der Waals surface area contributed by atoms with Crippen molar-refractivity contribution in [3.05, 3.63) is 39.9 Å². The van der Waals surface area contributed by atoms with Gasteiger partial charge in [0.05, 0.1) is 7.11 Å². The lowest BCUT2D eigenvalue weighted by Gasteiger charge is -2.07. The van der Waals surface area contributed by atoms with Crippen molar-refractivity contribution in [3.8, 4) is 5.75 Å². The molecular weight excluding hydrogens is 296 g/mol. The summed E-state index contributed by atoms with van der Waals surface area (Å²) in [6.07, 6.45) is 2.39. The Hall–Kier alpha value is -1.29. The van der Waals surface area contributed by atoms with Crippen LogP contribution >= 0.6 is 15.9 Å². The summed E-state index contributed by atoms with van der Waals surface area (Å²) >= 11 is 3.43. The van der Waals surface area contributed by atoms with E-state index in [0.717, 1.165) is 15.8 Å². The highest BCUT2D eigenvalue weighted by Crippen LogP contribution is 2.21. The third-order valence-corrected chi connectivity index (χ3v) is 3.43. The van der Waals surface area contributed by atoms with Crippen molar-refractivity contribution in [2.45, 2.75) is 20.3 Å². The SMILES string of the molecule is CC/C(=C/COc1ccc(Br)c(C)c1)C(=O)OC. The second-order valence-corrected chi connectivity index (χ2v) is 4.65. The first kappa shape index (κ1) is 14.8. The highest BCUT2D eigenvalue weighted by Gasteiger charge is 2.06. The van der Waals surface area contributed by atoms with Crippen molar-refractivity contribution in [2.75, 3.05) is 13.7 Å². The number of halogens is 1. The number of aryl methyl sites for hydroxylation is 1. The molecule has 0 fully saturated rings. The van der Waals surface area contributed by atoms with Gasteiger partial charge in [-0.1, -0.05) is 22.9 Å². The molecule has 0 aliphatic rings. The number of hydrogen-bond acceptors (Lipinski definition) is 3. The average Bonchev–Trinajstić information content (AvgIpc) is 2.38. The summed E-state index contributed by atoms with van der Waals surface area (Å²) < 4.78 is 11.3. The molecule has 0 unspecified atom stereocenters. The zero-order chi connectivity index (χ0) is 13.5. The Morgan fingerprint density at radius 1 is 1.44 bits per heavy atom. The van der Waals surface area contributed by atoms with Crippen molar-refractivity contribution in [3.63, 3.8) is 0 Å². The minimum atomic E-state index is -0.298. The highest BCUT2D eigenvalue weighted by molar-refractivity contribution is 9.10. The molecule has 0 aromatic heterocycles. The summed E-state index contributed by atoms with van der Waals surface area (Å²) in [6.45, 7) is 4.27. The topological polar surface area (TPSA) is 35.5 Å². The molecular formula is C14H17BrO3. The second-order valence-electron chi connectivity index (χ2n) is 3.80. The third-order valence-electron chi connectivity index (χ3n) is 2.54. The Labute approximate surface area is 116 Å². The van der Waals surface area contributed by atoms with Crippen molar-refractivity contribution >= 4 is 21.9 Å². The summed E-state index contributed by atoms with van der Waals surface area (Å²) in [6, 6.07) is 5.77. The van der Waals surface area contributed by atoms with Crippen molar-refractivity contribution in [2.24, 2.45) is 0 Å². The standard InChI is InChI=1S/C14H17BrO3/c1-4-11(14(16)17-3)7-8-18-12-5-6-13(15)10(2)9-12/h5-7,9H,4,8H2,1-3H3/b11-7-. The molecule has 0 spiro atoms. The fraction of sp³-hybridized carbons (Fsp3) is 0.357. The zero-order valence-corrected chi connectivity index (χ0v) is 12.4. The van der Waals surface area contributed by atoms with Crippen LogP contribution in [0.2, 0.25) is 0 Å². The summed E-state index contributed by atoms with van der Waals surface area (Å²) in [7, 11) is 1.38. The normalized spacial score (nSPS) is 11.2. The van der Waals surface area contributed by atoms with Gasteiger partial charge in [-0.05, 0) is 43.2 Å². The van der Waals surface area contributed by atoms with Crippen LogP contribution in [0.15, 0.2) is 34.3 Å². The van der Waals surface area contributed by atoms with Gasteiger partial charge in [0.25, 0.3) is 0 Å². The van der Waals surface area contributed by atoms with E-state index < -0.39 is 0 Å². The summed E-state index contributed by atoms with van der Waals surface area (Å²) in [5.41, 5.74) is 1.74. The van der Waals surface area contributed by atoms with Gasteiger partial charge in [-0.2, -0.15) is 0 Å². The minimum absolute atomic E-state index is 0.298. The van der Waals surface area contributed by atoms with E-state index in [2.05, 4.69) is 20.7 Å². The smallest absolute Gasteiger partial charge is 0.333 e. The lowest BCUT2D eigenvalue weighted by Crippen LogP contribution is -2.06. The molecule has 0 atom stereocenters. The maximum absolute atomic E-state index is 11.3. The maximum Gasteiger partial charge on any atom is 0.333 e. The first-order chi connectivity index (χ1) is 8.58. The van der Waals surface area contributed by atoms with Gasteiger partial charge in [0.1, 0.15) is 12.4 Å². The summed E-state index contributed by atoms with van der Waals surface area (Å²) in [5.74, 6) is 0.486. The van der Waals surface area contributed by atoms with E-state index in [-0.39, 0.29) is 5.97 Å². The van der Waals surface area contributed by atoms with Gasteiger partial charge in [0.2, 0.25) is 0 Å². The monoisotopic (exact) mass is 312 g/mol. The van der Waals surface area contributed by atoms with E-state index in [1.54, 1.807) is 6.08 Å². The van der Waals surface area contributed by atoms with E-state index in [4.69, 9.17) is 4.74 Å². The number of benzene rings is 1. The molecule has 0 aliphatic carbocycles. The molecule has 0 heterocycles. The predicted molar refractivity (Wildman–Crippen MR) is 74.8 cm³/mol. The number of methoxy groups -OCH3 is 1. The Balaban J connectivity index is 2.62. The molecule has 18 heavy (non-hydrogen) atoms. The van der Waals surface area contributed by atoms with E-state index in [1.807, 2.05) is 32.0 Å². The van der Waals surface area contributed by atoms with Crippen molar-refractivity contribution < 1.29 is 14.3 Å². The van der Waals surface area contributed by atoms with Crippen LogP contribution in [0.3, 0.4) is 0 Å². The molecule has 1 aromatic rings. The molecule has 0 N–H and O–H groups in total. The van der Waals surface area contributed by atoms with Gasteiger partial charge < -0.3 is 9.47 Å². The summed E-state index contributed by atoms with van der Waals surface area (Å²) in [5, 5.41) is 0. The third kappa shape index (κ3) is 4.18. The van der Waals surface area contributed by atoms with Crippen LogP contribution in [-0.4, -0.2) is 19.7 Å². The molecule has 3 nitrogen and oxygen atoms in total. The Bertz CT molecular complexity index is 452. The fourth-order valence-corrected chi connectivity index (χ4v) is 1.70. The molecule has 0 bridgehead atoms. The van der Waals surface area contributed by atoms with Crippen LogP contribution in [0.4, 0.5) is 0 Å². The van der Waals surface area contributed by atoms with E-state index in [1.165, 1.54) is 7.11 Å². The van der Waals surface area contributed by atoms with Gasteiger partial charge in [-0.25, -0.2) is 4.79 Å². The van der Waals surface area contributed by atoms with Crippen molar-refractivity contribution in [1.29, 1.82) is 0 Å². The zero-order valence-electron chi connectivity index (χ0n) is 10.8. The molecule has 4 heteroatoms. The molecule has 0 amide bonds. The number of carbonyl (C=O) groups excluding carboxylic acids is 1. The number of rotatable bonds is 5. The second kappa shape index (κ2) is 7.21.